The Labute approximate surface area is 166 Å². The molecular weight excluding hydrogens is 387 g/mol. The number of benzene rings is 1. The van der Waals surface area contributed by atoms with Gasteiger partial charge in [-0.25, -0.2) is 4.39 Å². The number of Topliss-reactive ketones (excluding diaryl/α,β-unsaturated/α-hetero) is 1. The maximum atomic E-state index is 14.2. The molecule has 6 nitrogen and oxygen atoms in total. The van der Waals surface area contributed by atoms with Crippen molar-refractivity contribution in [3.63, 3.8) is 0 Å². The lowest BCUT2D eigenvalue weighted by atomic mass is 9.86. The molecule has 0 spiro atoms. The molecule has 1 aliphatic heterocycles. The summed E-state index contributed by atoms with van der Waals surface area (Å²) in [7, 11) is 0. The third-order valence-electron chi connectivity index (χ3n) is 4.68. The van der Waals surface area contributed by atoms with E-state index in [-0.39, 0.29) is 41.5 Å². The fraction of sp³-hybridized carbons (Fsp3) is 0.350. The Balaban J connectivity index is 1.99. The van der Waals surface area contributed by atoms with Gasteiger partial charge in [-0.1, -0.05) is 44.5 Å². The Hall–Kier alpha value is -2.67. The van der Waals surface area contributed by atoms with Crippen molar-refractivity contribution < 1.29 is 19.1 Å². The van der Waals surface area contributed by atoms with Crippen LogP contribution in [0.4, 0.5) is 4.39 Å². The molecule has 0 unspecified atom stereocenters. The minimum absolute atomic E-state index is 0.0493. The molecule has 3 rings (SSSR count). The normalized spacial score (nSPS) is 14.2. The number of fused-ring (bicyclic) bond motifs is 1. The Morgan fingerprint density at radius 3 is 2.57 bits per heavy atom. The van der Waals surface area contributed by atoms with Gasteiger partial charge in [0.1, 0.15) is 5.82 Å². The van der Waals surface area contributed by atoms with Gasteiger partial charge in [0, 0.05) is 36.8 Å². The van der Waals surface area contributed by atoms with Gasteiger partial charge in [-0.15, -0.1) is 0 Å². The second kappa shape index (κ2) is 7.05. The van der Waals surface area contributed by atoms with Crippen LogP contribution in [0, 0.1) is 11.2 Å². The van der Waals surface area contributed by atoms with E-state index in [9.17, 15) is 23.9 Å². The number of rotatable bonds is 3. The molecule has 0 fully saturated rings. The van der Waals surface area contributed by atoms with Crippen molar-refractivity contribution in [2.24, 2.45) is 5.41 Å². The standard InChI is InChI=1S/C20H20ClFN2O4/c1-20(2,3)18(27)12-10-23-7-8-24(19(28)15(23)17(26)16(12)25)9-11-5-4-6-13(21)14(11)22/h4-6,10,26H,7-9H2,1-3H3. The lowest BCUT2D eigenvalue weighted by Gasteiger charge is -2.31. The fourth-order valence-electron chi connectivity index (χ4n) is 3.12. The van der Waals surface area contributed by atoms with Gasteiger partial charge in [0.05, 0.1) is 10.6 Å². The molecule has 1 aliphatic rings. The van der Waals surface area contributed by atoms with Gasteiger partial charge in [-0.05, 0) is 6.07 Å². The van der Waals surface area contributed by atoms with Crippen molar-refractivity contribution in [2.75, 3.05) is 6.54 Å². The lowest BCUT2D eigenvalue weighted by molar-refractivity contribution is 0.0679. The summed E-state index contributed by atoms with van der Waals surface area (Å²) in [6, 6.07) is 4.50. The van der Waals surface area contributed by atoms with Crippen LogP contribution in [-0.4, -0.2) is 32.8 Å². The average Bonchev–Trinajstić information content (AvgIpc) is 2.62. The molecule has 0 aliphatic carbocycles. The van der Waals surface area contributed by atoms with Crippen LogP contribution in [0.2, 0.25) is 5.02 Å². The average molecular weight is 407 g/mol. The first-order chi connectivity index (χ1) is 13.0. The fourth-order valence-corrected chi connectivity index (χ4v) is 3.32. The third-order valence-corrected chi connectivity index (χ3v) is 4.97. The molecule has 1 aromatic heterocycles. The van der Waals surface area contributed by atoms with Gasteiger partial charge in [0.2, 0.25) is 5.43 Å². The molecule has 8 heteroatoms. The number of carbonyl (C=O) groups is 2. The molecule has 148 valence electrons. The summed E-state index contributed by atoms with van der Waals surface area (Å²) in [5.41, 5.74) is -1.82. The Bertz CT molecular complexity index is 1040. The molecule has 0 atom stereocenters. The van der Waals surface area contributed by atoms with Gasteiger partial charge in [-0.2, -0.15) is 0 Å². The molecular formula is C20H20ClFN2O4. The predicted molar refractivity (Wildman–Crippen MR) is 102 cm³/mol. The molecule has 28 heavy (non-hydrogen) atoms. The van der Waals surface area contributed by atoms with Crippen LogP contribution < -0.4 is 5.43 Å². The third kappa shape index (κ3) is 3.42. The maximum absolute atomic E-state index is 14.2. The van der Waals surface area contributed by atoms with E-state index in [1.165, 1.54) is 27.8 Å². The summed E-state index contributed by atoms with van der Waals surface area (Å²) in [5, 5.41) is 10.3. The highest BCUT2D eigenvalue weighted by Gasteiger charge is 2.33. The van der Waals surface area contributed by atoms with E-state index in [1.54, 1.807) is 26.8 Å². The van der Waals surface area contributed by atoms with Gasteiger partial charge < -0.3 is 14.6 Å². The second-order valence-corrected chi connectivity index (χ2v) is 8.19. The lowest BCUT2D eigenvalue weighted by Crippen LogP contribution is -2.42. The van der Waals surface area contributed by atoms with Crippen LogP contribution in [0.15, 0.2) is 29.2 Å². The van der Waals surface area contributed by atoms with E-state index in [0.717, 1.165) is 0 Å². The van der Waals surface area contributed by atoms with Crippen LogP contribution in [0.3, 0.4) is 0 Å². The first-order valence-corrected chi connectivity index (χ1v) is 9.13. The van der Waals surface area contributed by atoms with E-state index in [0.29, 0.717) is 0 Å². The van der Waals surface area contributed by atoms with Crippen molar-refractivity contribution in [1.29, 1.82) is 0 Å². The molecule has 0 saturated carbocycles. The zero-order valence-electron chi connectivity index (χ0n) is 15.8. The maximum Gasteiger partial charge on any atom is 0.274 e. The number of ketones is 1. The predicted octanol–water partition coefficient (Wildman–Crippen LogP) is 3.23. The topological polar surface area (TPSA) is 79.6 Å². The Morgan fingerprint density at radius 2 is 1.93 bits per heavy atom. The van der Waals surface area contributed by atoms with Crippen LogP contribution in [-0.2, 0) is 13.1 Å². The van der Waals surface area contributed by atoms with Gasteiger partial charge in [0.25, 0.3) is 5.91 Å². The molecule has 0 radical (unpaired) electrons. The molecule has 2 heterocycles. The molecule has 0 bridgehead atoms. The first-order valence-electron chi connectivity index (χ1n) is 8.75. The summed E-state index contributed by atoms with van der Waals surface area (Å²) < 4.78 is 15.6. The quantitative estimate of drug-likeness (QED) is 0.793. The van der Waals surface area contributed by atoms with E-state index in [4.69, 9.17) is 11.6 Å². The number of amides is 1. The van der Waals surface area contributed by atoms with Crippen molar-refractivity contribution in [1.82, 2.24) is 9.47 Å². The van der Waals surface area contributed by atoms with Crippen molar-refractivity contribution in [2.45, 2.75) is 33.9 Å². The van der Waals surface area contributed by atoms with E-state index in [1.807, 2.05) is 0 Å². The number of halogens is 2. The molecule has 1 amide bonds. The summed E-state index contributed by atoms with van der Waals surface area (Å²) in [5.74, 6) is -2.42. The first kappa shape index (κ1) is 20.1. The molecule has 1 N–H and O–H groups in total. The SMILES string of the molecule is CC(C)(C)C(=O)c1cn2c(c(O)c1=O)C(=O)N(Cc1cccc(Cl)c1F)CC2. The Morgan fingerprint density at radius 1 is 1.25 bits per heavy atom. The number of aromatic hydroxyl groups is 1. The molecule has 0 saturated heterocycles. The van der Waals surface area contributed by atoms with Crippen LogP contribution in [0.1, 0.15) is 47.2 Å². The minimum Gasteiger partial charge on any atom is -0.503 e. The minimum atomic E-state index is -0.879. The van der Waals surface area contributed by atoms with Gasteiger partial charge >= 0.3 is 0 Å². The highest BCUT2D eigenvalue weighted by molar-refractivity contribution is 6.30. The van der Waals surface area contributed by atoms with Crippen LogP contribution in [0.25, 0.3) is 0 Å². The highest BCUT2D eigenvalue weighted by Crippen LogP contribution is 2.26. The Kier molecular flexibility index (Phi) is 5.06. The number of carbonyl (C=O) groups excluding carboxylic acids is 2. The van der Waals surface area contributed by atoms with E-state index < -0.39 is 34.1 Å². The van der Waals surface area contributed by atoms with Gasteiger partial charge in [-0.3, -0.25) is 14.4 Å². The van der Waals surface area contributed by atoms with E-state index >= 15 is 0 Å². The number of hydrogen-bond acceptors (Lipinski definition) is 4. The number of hydrogen-bond donors (Lipinski definition) is 1. The summed E-state index contributed by atoms with van der Waals surface area (Å²) in [6.07, 6.45) is 1.32. The van der Waals surface area contributed by atoms with E-state index in [2.05, 4.69) is 0 Å². The van der Waals surface area contributed by atoms with Crippen molar-refractivity contribution in [3.05, 3.63) is 62.3 Å². The zero-order chi connectivity index (χ0) is 20.8. The monoisotopic (exact) mass is 406 g/mol. The summed E-state index contributed by atoms with van der Waals surface area (Å²) in [6.45, 7) is 5.43. The molecule has 1 aromatic carbocycles. The number of aromatic nitrogens is 1. The van der Waals surface area contributed by atoms with Crippen LogP contribution in [0.5, 0.6) is 5.75 Å². The summed E-state index contributed by atoms with van der Waals surface area (Å²) in [4.78, 5) is 39.2. The van der Waals surface area contributed by atoms with Crippen molar-refractivity contribution >= 4 is 23.3 Å². The zero-order valence-corrected chi connectivity index (χ0v) is 16.5. The highest BCUT2D eigenvalue weighted by atomic mass is 35.5. The van der Waals surface area contributed by atoms with Crippen molar-refractivity contribution in [3.8, 4) is 5.75 Å². The largest absolute Gasteiger partial charge is 0.503 e. The second-order valence-electron chi connectivity index (χ2n) is 7.78. The van der Waals surface area contributed by atoms with Gasteiger partial charge in [0.15, 0.2) is 17.2 Å². The van der Waals surface area contributed by atoms with Crippen LogP contribution >= 0.6 is 11.6 Å². The number of nitrogens with zero attached hydrogens (tertiary/aromatic N) is 2. The number of pyridine rings is 1. The summed E-state index contributed by atoms with van der Waals surface area (Å²) >= 11 is 5.78. The smallest absolute Gasteiger partial charge is 0.274 e. The molecule has 2 aromatic rings.